The van der Waals surface area contributed by atoms with Gasteiger partial charge in [0.15, 0.2) is 21.8 Å². The first-order valence-corrected chi connectivity index (χ1v) is 9.36. The SMILES string of the molecule is COC(=O)Cn1c(=NC(=O)c2cc(=O)c3ccccc3o2)sc2cc(F)cc(F)c21. The van der Waals surface area contributed by atoms with E-state index in [4.69, 9.17) is 4.42 Å². The van der Waals surface area contributed by atoms with E-state index in [1.807, 2.05) is 0 Å². The molecule has 10 heteroatoms. The smallest absolute Gasteiger partial charge is 0.325 e. The molecule has 0 aliphatic carbocycles. The van der Waals surface area contributed by atoms with Gasteiger partial charge in [0.2, 0.25) is 0 Å². The third-order valence-electron chi connectivity index (χ3n) is 4.25. The monoisotopic (exact) mass is 430 g/mol. The number of nitrogens with zero attached hydrogens (tertiary/aromatic N) is 2. The second-order valence-electron chi connectivity index (χ2n) is 6.17. The molecule has 0 aliphatic rings. The van der Waals surface area contributed by atoms with E-state index in [2.05, 4.69) is 9.73 Å². The molecule has 0 saturated heterocycles. The number of amides is 1. The summed E-state index contributed by atoms with van der Waals surface area (Å²) >= 11 is 0.803. The Morgan fingerprint density at radius 2 is 1.97 bits per heavy atom. The Hall–Kier alpha value is -3.66. The third kappa shape index (κ3) is 3.52. The summed E-state index contributed by atoms with van der Waals surface area (Å²) in [4.78, 5) is 40.5. The largest absolute Gasteiger partial charge is 0.468 e. The topological polar surface area (TPSA) is 90.9 Å². The maximum absolute atomic E-state index is 14.4. The van der Waals surface area contributed by atoms with Gasteiger partial charge >= 0.3 is 11.9 Å². The lowest BCUT2D eigenvalue weighted by Gasteiger charge is -2.04. The Kier molecular flexibility index (Phi) is 5.00. The minimum absolute atomic E-state index is 0.0827. The van der Waals surface area contributed by atoms with E-state index in [0.29, 0.717) is 11.5 Å². The molecule has 0 spiro atoms. The van der Waals surface area contributed by atoms with E-state index in [0.717, 1.165) is 35.1 Å². The second-order valence-corrected chi connectivity index (χ2v) is 7.18. The van der Waals surface area contributed by atoms with Crippen LogP contribution >= 0.6 is 11.3 Å². The number of fused-ring (bicyclic) bond motifs is 2. The van der Waals surface area contributed by atoms with Crippen LogP contribution < -0.4 is 10.2 Å². The lowest BCUT2D eigenvalue weighted by molar-refractivity contribution is -0.141. The van der Waals surface area contributed by atoms with E-state index in [1.54, 1.807) is 18.2 Å². The molecular formula is C20H12F2N2O5S. The highest BCUT2D eigenvalue weighted by Crippen LogP contribution is 2.22. The first-order valence-electron chi connectivity index (χ1n) is 8.54. The summed E-state index contributed by atoms with van der Waals surface area (Å²) < 4.78 is 39.3. The molecular weight excluding hydrogens is 418 g/mol. The average molecular weight is 430 g/mol. The van der Waals surface area contributed by atoms with Crippen molar-refractivity contribution in [1.82, 2.24) is 4.57 Å². The number of carbonyl (C=O) groups is 2. The number of thiazole rings is 1. The van der Waals surface area contributed by atoms with Crippen LogP contribution in [0, 0.1) is 11.6 Å². The third-order valence-corrected chi connectivity index (χ3v) is 5.28. The zero-order valence-corrected chi connectivity index (χ0v) is 16.2. The number of para-hydroxylation sites is 1. The minimum Gasteiger partial charge on any atom is -0.468 e. The fraction of sp³-hybridized carbons (Fsp3) is 0.100. The van der Waals surface area contributed by atoms with Crippen molar-refractivity contribution in [1.29, 1.82) is 0 Å². The fourth-order valence-corrected chi connectivity index (χ4v) is 3.97. The summed E-state index contributed by atoms with van der Waals surface area (Å²) in [5, 5.41) is 0.300. The summed E-state index contributed by atoms with van der Waals surface area (Å²) in [6.45, 7) is -0.452. The summed E-state index contributed by atoms with van der Waals surface area (Å²) in [6.07, 6.45) is 0. The summed E-state index contributed by atoms with van der Waals surface area (Å²) in [5.41, 5.74) is -0.323. The van der Waals surface area contributed by atoms with Gasteiger partial charge in [-0.1, -0.05) is 23.5 Å². The van der Waals surface area contributed by atoms with Crippen LogP contribution in [-0.2, 0) is 16.1 Å². The first-order chi connectivity index (χ1) is 14.4. The molecule has 2 aromatic carbocycles. The molecule has 0 atom stereocenters. The van der Waals surface area contributed by atoms with Crippen molar-refractivity contribution in [3.05, 3.63) is 74.9 Å². The van der Waals surface area contributed by atoms with Crippen molar-refractivity contribution < 1.29 is 27.5 Å². The normalized spacial score (nSPS) is 11.9. The Bertz CT molecular complexity index is 1450. The number of methoxy groups -OCH3 is 1. The van der Waals surface area contributed by atoms with Crippen molar-refractivity contribution in [3.8, 4) is 0 Å². The number of rotatable bonds is 3. The number of hydrogen-bond donors (Lipinski definition) is 0. The molecule has 4 aromatic rings. The number of halogens is 2. The number of carbonyl (C=O) groups excluding carboxylic acids is 2. The zero-order valence-electron chi connectivity index (χ0n) is 15.3. The van der Waals surface area contributed by atoms with Gasteiger partial charge < -0.3 is 13.7 Å². The van der Waals surface area contributed by atoms with E-state index in [-0.39, 0.29) is 26.4 Å². The van der Waals surface area contributed by atoms with E-state index in [9.17, 15) is 23.2 Å². The van der Waals surface area contributed by atoms with Gasteiger partial charge in [0.1, 0.15) is 17.9 Å². The summed E-state index contributed by atoms with van der Waals surface area (Å²) in [5.74, 6) is -3.69. The van der Waals surface area contributed by atoms with E-state index < -0.39 is 35.5 Å². The van der Waals surface area contributed by atoms with Crippen LogP contribution in [0.5, 0.6) is 0 Å². The Labute approximate surface area is 170 Å². The number of ether oxygens (including phenoxy) is 1. The highest BCUT2D eigenvalue weighted by atomic mass is 32.1. The van der Waals surface area contributed by atoms with Crippen LogP contribution in [0.3, 0.4) is 0 Å². The molecule has 2 heterocycles. The van der Waals surface area contributed by atoms with Crippen molar-refractivity contribution in [2.75, 3.05) is 7.11 Å². The van der Waals surface area contributed by atoms with Gasteiger partial charge in [0.05, 0.1) is 22.7 Å². The van der Waals surface area contributed by atoms with Crippen molar-refractivity contribution in [2.24, 2.45) is 4.99 Å². The van der Waals surface area contributed by atoms with Crippen LogP contribution in [0.2, 0.25) is 0 Å². The highest BCUT2D eigenvalue weighted by molar-refractivity contribution is 7.16. The fourth-order valence-electron chi connectivity index (χ4n) is 2.91. The van der Waals surface area contributed by atoms with Crippen molar-refractivity contribution in [3.63, 3.8) is 0 Å². The number of hydrogen-bond acceptors (Lipinski definition) is 6. The van der Waals surface area contributed by atoms with Crippen LogP contribution in [0.15, 0.2) is 56.7 Å². The lowest BCUT2D eigenvalue weighted by Crippen LogP contribution is -2.23. The van der Waals surface area contributed by atoms with Crippen LogP contribution in [0.1, 0.15) is 10.6 Å². The summed E-state index contributed by atoms with van der Waals surface area (Å²) in [6, 6.07) is 9.12. The second kappa shape index (κ2) is 7.64. The lowest BCUT2D eigenvalue weighted by atomic mass is 10.2. The molecule has 0 fully saturated rings. The molecule has 2 aromatic heterocycles. The molecule has 0 radical (unpaired) electrons. The van der Waals surface area contributed by atoms with Gasteiger partial charge in [-0.05, 0) is 18.2 Å². The molecule has 0 aliphatic heterocycles. The van der Waals surface area contributed by atoms with E-state index in [1.165, 1.54) is 6.07 Å². The number of esters is 1. The van der Waals surface area contributed by atoms with Crippen LogP contribution in [0.4, 0.5) is 8.78 Å². The van der Waals surface area contributed by atoms with Gasteiger partial charge in [0.25, 0.3) is 0 Å². The molecule has 4 rings (SSSR count). The van der Waals surface area contributed by atoms with Gasteiger partial charge in [-0.2, -0.15) is 4.99 Å². The first kappa shape index (κ1) is 19.6. The van der Waals surface area contributed by atoms with Crippen LogP contribution in [0.25, 0.3) is 21.2 Å². The van der Waals surface area contributed by atoms with E-state index >= 15 is 0 Å². The molecule has 0 bridgehead atoms. The maximum Gasteiger partial charge on any atom is 0.325 e. The molecule has 7 nitrogen and oxygen atoms in total. The number of aromatic nitrogens is 1. The Morgan fingerprint density at radius 1 is 1.20 bits per heavy atom. The quantitative estimate of drug-likeness (QED) is 0.466. The molecule has 0 saturated carbocycles. The maximum atomic E-state index is 14.4. The molecule has 30 heavy (non-hydrogen) atoms. The van der Waals surface area contributed by atoms with Crippen molar-refractivity contribution in [2.45, 2.75) is 6.54 Å². The average Bonchev–Trinajstić information content (AvgIpc) is 3.04. The standard InChI is InChI=1S/C20H12F2N2O5S/c1-28-17(26)9-24-18-12(22)6-10(21)7-16(18)30-20(24)23-19(27)15-8-13(25)11-4-2-3-5-14(11)29-15/h2-8H,9H2,1H3. The van der Waals surface area contributed by atoms with Gasteiger partial charge in [0, 0.05) is 12.1 Å². The Balaban J connectivity index is 1.90. The minimum atomic E-state index is -0.920. The molecule has 152 valence electrons. The molecule has 0 unspecified atom stereocenters. The highest BCUT2D eigenvalue weighted by Gasteiger charge is 2.18. The van der Waals surface area contributed by atoms with Gasteiger partial charge in [-0.25, -0.2) is 8.78 Å². The number of benzene rings is 2. The van der Waals surface area contributed by atoms with Gasteiger partial charge in [-0.15, -0.1) is 0 Å². The predicted molar refractivity (Wildman–Crippen MR) is 104 cm³/mol. The predicted octanol–water partition coefficient (Wildman–Crippen LogP) is 3.00. The van der Waals surface area contributed by atoms with Crippen molar-refractivity contribution >= 4 is 44.4 Å². The zero-order chi connectivity index (χ0) is 21.4. The van der Waals surface area contributed by atoms with Crippen LogP contribution in [-0.4, -0.2) is 23.6 Å². The Morgan fingerprint density at radius 3 is 2.73 bits per heavy atom. The molecule has 0 N–H and O–H groups in total. The van der Waals surface area contributed by atoms with Gasteiger partial charge in [-0.3, -0.25) is 14.4 Å². The molecule has 1 amide bonds. The summed E-state index contributed by atoms with van der Waals surface area (Å²) in [7, 11) is 1.15.